The summed E-state index contributed by atoms with van der Waals surface area (Å²) >= 11 is 0. The monoisotopic (exact) mass is 182 g/mol. The fourth-order valence-electron chi connectivity index (χ4n) is 1.21. The zero-order valence-corrected chi connectivity index (χ0v) is 7.77. The summed E-state index contributed by atoms with van der Waals surface area (Å²) in [4.78, 5) is 0. The lowest BCUT2D eigenvalue weighted by Gasteiger charge is -1.93. The second kappa shape index (κ2) is 4.17. The van der Waals surface area contributed by atoms with Gasteiger partial charge in [0.05, 0.1) is 0 Å². The Hall–Kier alpha value is -1.18. The molecule has 1 aromatic carbocycles. The molecule has 0 spiro atoms. The van der Waals surface area contributed by atoms with E-state index in [0.717, 1.165) is 0 Å². The van der Waals surface area contributed by atoms with Gasteiger partial charge in [-0.1, -0.05) is 31.2 Å². The van der Waals surface area contributed by atoms with Crippen molar-refractivity contribution < 1.29 is 8.78 Å². The first-order valence-corrected chi connectivity index (χ1v) is 4.27. The van der Waals surface area contributed by atoms with Gasteiger partial charge in [0.25, 0.3) is 0 Å². The second-order valence-electron chi connectivity index (χ2n) is 2.84. The van der Waals surface area contributed by atoms with Gasteiger partial charge in [0.2, 0.25) is 0 Å². The Labute approximate surface area is 76.2 Å². The highest BCUT2D eigenvalue weighted by Crippen LogP contribution is 1.98. The molecule has 0 heterocycles. The van der Waals surface area contributed by atoms with E-state index in [1.165, 1.54) is 6.92 Å². The standard InChI is InChI=1S/C11H12F2/c1-3-11(13)10-7-5-4-6-9(10)8(2)12/h4-7H,3H2,1-2H3/b9-8+,11-10+. The van der Waals surface area contributed by atoms with Gasteiger partial charge in [0.15, 0.2) is 0 Å². The van der Waals surface area contributed by atoms with Gasteiger partial charge in [-0.15, -0.1) is 0 Å². The maximum absolute atomic E-state index is 13.2. The van der Waals surface area contributed by atoms with Crippen LogP contribution in [0.15, 0.2) is 24.3 Å². The average Bonchev–Trinajstić information content (AvgIpc) is 2.16. The quantitative estimate of drug-likeness (QED) is 0.625. The van der Waals surface area contributed by atoms with Crippen molar-refractivity contribution >= 4 is 11.7 Å². The highest BCUT2D eigenvalue weighted by atomic mass is 19.1. The van der Waals surface area contributed by atoms with Crippen molar-refractivity contribution in [2.75, 3.05) is 0 Å². The number of benzene rings is 1. The van der Waals surface area contributed by atoms with Crippen molar-refractivity contribution in [1.29, 1.82) is 0 Å². The zero-order valence-electron chi connectivity index (χ0n) is 7.77. The van der Waals surface area contributed by atoms with Crippen LogP contribution in [0.3, 0.4) is 0 Å². The summed E-state index contributed by atoms with van der Waals surface area (Å²) in [6.45, 7) is 3.04. The van der Waals surface area contributed by atoms with E-state index >= 15 is 0 Å². The minimum atomic E-state index is -0.348. The number of hydrogen-bond donors (Lipinski definition) is 0. The van der Waals surface area contributed by atoms with E-state index in [9.17, 15) is 8.78 Å². The molecule has 0 saturated carbocycles. The van der Waals surface area contributed by atoms with E-state index in [1.807, 2.05) is 0 Å². The highest BCUT2D eigenvalue weighted by Gasteiger charge is 1.96. The Balaban J connectivity index is 3.66. The summed E-state index contributed by atoms with van der Waals surface area (Å²) in [5.41, 5.74) is 0. The third kappa shape index (κ3) is 2.14. The van der Waals surface area contributed by atoms with Gasteiger partial charge in [-0.3, -0.25) is 0 Å². The van der Waals surface area contributed by atoms with Gasteiger partial charge in [-0.05, 0) is 13.3 Å². The van der Waals surface area contributed by atoms with Crippen molar-refractivity contribution in [1.82, 2.24) is 0 Å². The first-order valence-electron chi connectivity index (χ1n) is 4.27. The van der Waals surface area contributed by atoms with Crippen molar-refractivity contribution in [3.63, 3.8) is 0 Å². The van der Waals surface area contributed by atoms with Gasteiger partial charge in [-0.2, -0.15) is 0 Å². The zero-order chi connectivity index (χ0) is 9.84. The summed E-state index contributed by atoms with van der Waals surface area (Å²) in [5.74, 6) is -0.619. The number of rotatable bonds is 1. The molecule has 0 aromatic heterocycles. The fourth-order valence-corrected chi connectivity index (χ4v) is 1.21. The van der Waals surface area contributed by atoms with Crippen LogP contribution in [0, 0.1) is 0 Å². The normalized spacial score (nSPS) is 15.4. The lowest BCUT2D eigenvalue weighted by atomic mass is 10.2. The third-order valence-corrected chi connectivity index (χ3v) is 1.90. The van der Waals surface area contributed by atoms with E-state index in [1.54, 1.807) is 31.2 Å². The smallest absolute Gasteiger partial charge is 0.108 e. The Morgan fingerprint density at radius 2 is 1.69 bits per heavy atom. The molecule has 0 aliphatic rings. The van der Waals surface area contributed by atoms with Crippen LogP contribution in [0.2, 0.25) is 0 Å². The molecular formula is C11H12F2. The van der Waals surface area contributed by atoms with E-state index < -0.39 is 0 Å². The lowest BCUT2D eigenvalue weighted by Crippen LogP contribution is -2.26. The average molecular weight is 182 g/mol. The Kier molecular flexibility index (Phi) is 3.18. The first-order chi connectivity index (χ1) is 6.16. The molecular weight excluding hydrogens is 170 g/mol. The molecule has 0 saturated heterocycles. The molecule has 0 amide bonds. The van der Waals surface area contributed by atoms with E-state index in [4.69, 9.17) is 0 Å². The number of halogens is 2. The molecule has 2 heteroatoms. The van der Waals surface area contributed by atoms with Crippen molar-refractivity contribution in [2.24, 2.45) is 0 Å². The Morgan fingerprint density at radius 3 is 2.15 bits per heavy atom. The molecule has 0 radical (unpaired) electrons. The van der Waals surface area contributed by atoms with Crippen molar-refractivity contribution in [3.8, 4) is 0 Å². The van der Waals surface area contributed by atoms with Gasteiger partial charge in [0, 0.05) is 10.4 Å². The van der Waals surface area contributed by atoms with Gasteiger partial charge in [0.1, 0.15) is 11.7 Å². The maximum Gasteiger partial charge on any atom is 0.108 e. The molecule has 1 aromatic rings. The van der Waals surface area contributed by atoms with Crippen LogP contribution < -0.4 is 10.4 Å². The van der Waals surface area contributed by atoms with Gasteiger partial charge < -0.3 is 0 Å². The predicted octanol–water partition coefficient (Wildman–Crippen LogP) is 2.27. The molecule has 0 atom stereocenters. The van der Waals surface area contributed by atoms with Crippen molar-refractivity contribution in [3.05, 3.63) is 34.7 Å². The summed E-state index contributed by atoms with van der Waals surface area (Å²) < 4.78 is 26.1. The SMILES string of the molecule is CC/C(F)=c1/cccc/c1=C(/C)F. The van der Waals surface area contributed by atoms with Gasteiger partial charge >= 0.3 is 0 Å². The van der Waals surface area contributed by atoms with Crippen LogP contribution in [0.25, 0.3) is 11.7 Å². The van der Waals surface area contributed by atoms with E-state index in [0.29, 0.717) is 16.9 Å². The topological polar surface area (TPSA) is 0 Å². The molecule has 0 aliphatic heterocycles. The van der Waals surface area contributed by atoms with Gasteiger partial charge in [-0.25, -0.2) is 8.78 Å². The summed E-state index contributed by atoms with van der Waals surface area (Å²) in [7, 11) is 0. The third-order valence-electron chi connectivity index (χ3n) is 1.90. The maximum atomic E-state index is 13.2. The lowest BCUT2D eigenvalue weighted by molar-refractivity contribution is 0.705. The molecule has 0 fully saturated rings. The van der Waals surface area contributed by atoms with Crippen LogP contribution in [0.5, 0.6) is 0 Å². The van der Waals surface area contributed by atoms with Crippen molar-refractivity contribution in [2.45, 2.75) is 20.3 Å². The molecule has 0 N–H and O–H groups in total. The minimum absolute atomic E-state index is 0.271. The van der Waals surface area contributed by atoms with Crippen LogP contribution >= 0.6 is 0 Å². The fraction of sp³-hybridized carbons (Fsp3) is 0.273. The molecule has 0 unspecified atom stereocenters. The summed E-state index contributed by atoms with van der Waals surface area (Å²) in [6.07, 6.45) is 0.296. The molecule has 0 bridgehead atoms. The summed E-state index contributed by atoms with van der Waals surface area (Å²) in [5, 5.41) is 0.715. The van der Waals surface area contributed by atoms with Crippen LogP contribution in [0.4, 0.5) is 8.78 Å². The highest BCUT2D eigenvalue weighted by molar-refractivity contribution is 5.41. The van der Waals surface area contributed by atoms with Crippen LogP contribution in [-0.4, -0.2) is 0 Å². The largest absolute Gasteiger partial charge is 0.211 e. The Bertz CT molecular complexity index is 400. The molecule has 0 nitrogen and oxygen atoms in total. The molecule has 13 heavy (non-hydrogen) atoms. The second-order valence-corrected chi connectivity index (χ2v) is 2.84. The molecule has 0 aliphatic carbocycles. The molecule has 70 valence electrons. The first kappa shape index (κ1) is 9.90. The Morgan fingerprint density at radius 1 is 1.15 bits per heavy atom. The van der Waals surface area contributed by atoms with Crippen LogP contribution in [-0.2, 0) is 0 Å². The van der Waals surface area contributed by atoms with E-state index in [2.05, 4.69) is 0 Å². The number of hydrogen-bond acceptors (Lipinski definition) is 0. The summed E-state index contributed by atoms with van der Waals surface area (Å²) in [6, 6.07) is 6.58. The van der Waals surface area contributed by atoms with E-state index in [-0.39, 0.29) is 11.7 Å². The van der Waals surface area contributed by atoms with Crippen LogP contribution in [0.1, 0.15) is 20.3 Å². The minimum Gasteiger partial charge on any atom is -0.211 e. The predicted molar refractivity (Wildman–Crippen MR) is 50.7 cm³/mol. The molecule has 1 rings (SSSR count).